The number of nitrogens with zero attached hydrogens (tertiary/aromatic N) is 3. The van der Waals surface area contributed by atoms with Crippen molar-refractivity contribution in [3.63, 3.8) is 0 Å². The predicted octanol–water partition coefficient (Wildman–Crippen LogP) is 3.45. The van der Waals surface area contributed by atoms with E-state index in [-0.39, 0.29) is 17.9 Å². The summed E-state index contributed by atoms with van der Waals surface area (Å²) < 4.78 is 0. The number of fused-ring (bicyclic) bond motifs is 1. The van der Waals surface area contributed by atoms with Crippen molar-refractivity contribution in [2.45, 2.75) is 49.5 Å². The number of aromatic amines is 1. The lowest BCUT2D eigenvalue weighted by Crippen LogP contribution is -2.42. The van der Waals surface area contributed by atoms with Crippen molar-refractivity contribution in [2.24, 2.45) is 0 Å². The van der Waals surface area contributed by atoms with E-state index >= 15 is 0 Å². The van der Waals surface area contributed by atoms with Crippen LogP contribution in [0.1, 0.15) is 54.9 Å². The number of benzene rings is 1. The SMILES string of the molecule is Cc1nc(C2CCCCN2C(=O)C2CCSc3ccccc32)n[nH]1. The zero-order valence-corrected chi connectivity index (χ0v) is 14.7. The number of H-pyrrole nitrogens is 1. The van der Waals surface area contributed by atoms with Gasteiger partial charge in [-0.1, -0.05) is 18.2 Å². The van der Waals surface area contributed by atoms with Crippen molar-refractivity contribution >= 4 is 17.7 Å². The first-order chi connectivity index (χ1) is 11.7. The van der Waals surface area contributed by atoms with Gasteiger partial charge in [-0.3, -0.25) is 9.89 Å². The minimum absolute atomic E-state index is 0.0120. The highest BCUT2D eigenvalue weighted by atomic mass is 32.2. The summed E-state index contributed by atoms with van der Waals surface area (Å²) in [5.74, 6) is 2.80. The fourth-order valence-corrected chi connectivity index (χ4v) is 4.90. The summed E-state index contributed by atoms with van der Waals surface area (Å²) >= 11 is 1.86. The topological polar surface area (TPSA) is 61.9 Å². The van der Waals surface area contributed by atoms with Crippen molar-refractivity contribution < 1.29 is 4.79 Å². The van der Waals surface area contributed by atoms with Crippen LogP contribution < -0.4 is 0 Å². The number of hydrogen-bond donors (Lipinski definition) is 1. The van der Waals surface area contributed by atoms with E-state index in [1.807, 2.05) is 29.7 Å². The largest absolute Gasteiger partial charge is 0.332 e. The molecule has 1 amide bonds. The molecule has 1 fully saturated rings. The second kappa shape index (κ2) is 6.59. The van der Waals surface area contributed by atoms with E-state index in [9.17, 15) is 4.79 Å². The van der Waals surface area contributed by atoms with Crippen LogP contribution in [0.25, 0.3) is 0 Å². The Morgan fingerprint density at radius 1 is 1.29 bits per heavy atom. The minimum Gasteiger partial charge on any atom is -0.332 e. The first-order valence-electron chi connectivity index (χ1n) is 8.65. The summed E-state index contributed by atoms with van der Waals surface area (Å²) in [6.07, 6.45) is 4.05. The Hall–Kier alpha value is -1.82. The third kappa shape index (κ3) is 2.83. The van der Waals surface area contributed by atoms with Gasteiger partial charge in [0.1, 0.15) is 5.82 Å². The van der Waals surface area contributed by atoms with Crippen LogP contribution in [0, 0.1) is 6.92 Å². The molecule has 2 atom stereocenters. The number of aromatic nitrogens is 3. The third-order valence-electron chi connectivity index (χ3n) is 4.96. The maximum absolute atomic E-state index is 13.4. The number of nitrogens with one attached hydrogen (secondary N) is 1. The molecule has 5 nitrogen and oxygen atoms in total. The van der Waals surface area contributed by atoms with E-state index in [1.165, 1.54) is 10.5 Å². The molecule has 126 valence electrons. The normalized spacial score (nSPS) is 23.8. The van der Waals surface area contributed by atoms with Crippen LogP contribution in [0.2, 0.25) is 0 Å². The number of carbonyl (C=O) groups is 1. The number of likely N-dealkylation sites (tertiary alicyclic amines) is 1. The summed E-state index contributed by atoms with van der Waals surface area (Å²) in [7, 11) is 0. The van der Waals surface area contributed by atoms with Gasteiger partial charge < -0.3 is 4.90 Å². The standard InChI is InChI=1S/C18H22N4OS/c1-12-19-17(21-20-12)15-7-4-5-10-22(15)18(23)14-9-11-24-16-8-3-2-6-13(14)16/h2-3,6,8,14-15H,4-5,7,9-11H2,1H3,(H,19,20,21). The molecular formula is C18H22N4OS. The molecule has 2 aliphatic heterocycles. The van der Waals surface area contributed by atoms with Crippen LogP contribution in [0.3, 0.4) is 0 Å². The second-order valence-electron chi connectivity index (χ2n) is 6.55. The van der Waals surface area contributed by atoms with E-state index in [0.717, 1.165) is 49.6 Å². The molecule has 3 heterocycles. The molecule has 2 unspecified atom stereocenters. The van der Waals surface area contributed by atoms with Crippen LogP contribution in [-0.4, -0.2) is 38.3 Å². The zero-order valence-electron chi connectivity index (χ0n) is 13.9. The number of piperidine rings is 1. The highest BCUT2D eigenvalue weighted by Gasteiger charge is 2.36. The number of thioether (sulfide) groups is 1. The van der Waals surface area contributed by atoms with Gasteiger partial charge in [0, 0.05) is 11.4 Å². The number of rotatable bonds is 2. The van der Waals surface area contributed by atoms with Crippen molar-refractivity contribution in [3.8, 4) is 0 Å². The zero-order chi connectivity index (χ0) is 16.5. The second-order valence-corrected chi connectivity index (χ2v) is 7.69. The lowest BCUT2D eigenvalue weighted by Gasteiger charge is -2.37. The molecular weight excluding hydrogens is 320 g/mol. The first kappa shape index (κ1) is 15.7. The van der Waals surface area contributed by atoms with Gasteiger partial charge in [-0.2, -0.15) is 5.10 Å². The van der Waals surface area contributed by atoms with E-state index < -0.39 is 0 Å². The Labute approximate surface area is 146 Å². The van der Waals surface area contributed by atoms with Gasteiger partial charge in [-0.25, -0.2) is 4.98 Å². The Bertz CT molecular complexity index is 744. The summed E-state index contributed by atoms with van der Waals surface area (Å²) in [6, 6.07) is 8.35. The molecule has 0 bridgehead atoms. The lowest BCUT2D eigenvalue weighted by molar-refractivity contribution is -0.137. The van der Waals surface area contributed by atoms with Gasteiger partial charge in [0.2, 0.25) is 5.91 Å². The smallest absolute Gasteiger partial charge is 0.230 e. The Kier molecular flexibility index (Phi) is 4.31. The number of carbonyl (C=O) groups excluding carboxylic acids is 1. The maximum atomic E-state index is 13.4. The molecule has 2 aliphatic rings. The average Bonchev–Trinajstić information content (AvgIpc) is 3.07. The van der Waals surface area contributed by atoms with Crippen LogP contribution in [0.4, 0.5) is 0 Å². The monoisotopic (exact) mass is 342 g/mol. The maximum Gasteiger partial charge on any atom is 0.230 e. The van der Waals surface area contributed by atoms with Crippen molar-refractivity contribution in [3.05, 3.63) is 41.5 Å². The minimum atomic E-state index is -0.0249. The molecule has 6 heteroatoms. The van der Waals surface area contributed by atoms with Crippen LogP contribution in [0.15, 0.2) is 29.2 Å². The summed E-state index contributed by atoms with van der Waals surface area (Å²) in [6.45, 7) is 2.71. The fourth-order valence-electron chi connectivity index (χ4n) is 3.77. The molecule has 0 spiro atoms. The highest BCUT2D eigenvalue weighted by molar-refractivity contribution is 7.99. The number of amides is 1. The van der Waals surface area contributed by atoms with Crippen molar-refractivity contribution in [2.75, 3.05) is 12.3 Å². The molecule has 0 radical (unpaired) electrons. The molecule has 1 aromatic heterocycles. The predicted molar refractivity (Wildman–Crippen MR) is 93.9 cm³/mol. The van der Waals surface area contributed by atoms with Gasteiger partial charge in [0.05, 0.1) is 12.0 Å². The van der Waals surface area contributed by atoms with Gasteiger partial charge in [-0.05, 0) is 50.0 Å². The van der Waals surface area contributed by atoms with E-state index in [2.05, 4.69) is 33.4 Å². The lowest BCUT2D eigenvalue weighted by atomic mass is 9.91. The first-order valence-corrected chi connectivity index (χ1v) is 9.63. The molecule has 1 aromatic carbocycles. The molecule has 0 aliphatic carbocycles. The van der Waals surface area contributed by atoms with E-state index in [1.54, 1.807) is 0 Å². The summed E-state index contributed by atoms with van der Waals surface area (Å²) in [5.41, 5.74) is 1.19. The quantitative estimate of drug-likeness (QED) is 0.908. The molecule has 1 saturated heterocycles. The molecule has 2 aromatic rings. The van der Waals surface area contributed by atoms with Crippen molar-refractivity contribution in [1.82, 2.24) is 20.1 Å². The average molecular weight is 342 g/mol. The third-order valence-corrected chi connectivity index (χ3v) is 6.08. The number of aryl methyl sites for hydroxylation is 1. The molecule has 24 heavy (non-hydrogen) atoms. The Morgan fingerprint density at radius 3 is 3.00 bits per heavy atom. The Morgan fingerprint density at radius 2 is 2.17 bits per heavy atom. The molecule has 1 N–H and O–H groups in total. The van der Waals surface area contributed by atoms with Crippen LogP contribution in [0.5, 0.6) is 0 Å². The fraction of sp³-hybridized carbons (Fsp3) is 0.500. The molecule has 4 rings (SSSR count). The summed E-state index contributed by atoms with van der Waals surface area (Å²) in [5, 5.41) is 7.25. The Balaban J connectivity index is 1.63. The van der Waals surface area contributed by atoms with Gasteiger partial charge in [-0.15, -0.1) is 11.8 Å². The van der Waals surface area contributed by atoms with Gasteiger partial charge in [0.25, 0.3) is 0 Å². The molecule has 0 saturated carbocycles. The van der Waals surface area contributed by atoms with Crippen LogP contribution >= 0.6 is 11.8 Å². The number of hydrogen-bond acceptors (Lipinski definition) is 4. The van der Waals surface area contributed by atoms with Gasteiger partial charge in [0.15, 0.2) is 5.82 Å². The van der Waals surface area contributed by atoms with E-state index in [4.69, 9.17) is 0 Å². The highest BCUT2D eigenvalue weighted by Crippen LogP contribution is 2.40. The van der Waals surface area contributed by atoms with E-state index in [0.29, 0.717) is 0 Å². The van der Waals surface area contributed by atoms with Crippen LogP contribution in [-0.2, 0) is 4.79 Å². The van der Waals surface area contributed by atoms with Gasteiger partial charge >= 0.3 is 0 Å². The summed E-state index contributed by atoms with van der Waals surface area (Å²) in [4.78, 5) is 21.1. The van der Waals surface area contributed by atoms with Crippen molar-refractivity contribution in [1.29, 1.82) is 0 Å².